The number of ether oxygens (including phenoxy) is 2. The minimum absolute atomic E-state index is 0.0373. The third-order valence-corrected chi connectivity index (χ3v) is 6.52. The quantitative estimate of drug-likeness (QED) is 0.515. The first-order chi connectivity index (χ1) is 16.0. The molecule has 1 heterocycles. The maximum Gasteiger partial charge on any atom is 0.321 e. The molecule has 0 aromatic heterocycles. The smallest absolute Gasteiger partial charge is 0.321 e. The molecule has 1 N–H and O–H groups in total. The number of hydrogen-bond acceptors (Lipinski definition) is 4. The molecule has 4 rings (SSSR count). The third kappa shape index (κ3) is 5.27. The first-order valence-electron chi connectivity index (χ1n) is 11.3. The molecule has 0 spiro atoms. The van der Waals surface area contributed by atoms with Crippen LogP contribution in [0, 0.1) is 13.8 Å². The van der Waals surface area contributed by atoms with Crippen LogP contribution in [0.5, 0.6) is 5.75 Å². The van der Waals surface area contributed by atoms with Gasteiger partial charge in [0.05, 0.1) is 6.10 Å². The van der Waals surface area contributed by atoms with E-state index in [1.807, 2.05) is 30.0 Å². The fourth-order valence-corrected chi connectivity index (χ4v) is 4.60. The number of rotatable bonds is 8. The van der Waals surface area contributed by atoms with Gasteiger partial charge in [-0.25, -0.2) is 0 Å². The second-order valence-electron chi connectivity index (χ2n) is 8.72. The molecule has 5 heteroatoms. The largest absolute Gasteiger partial charge is 0.489 e. The summed E-state index contributed by atoms with van der Waals surface area (Å²) in [6.07, 6.45) is 0.484. The lowest BCUT2D eigenvalue weighted by Crippen LogP contribution is -2.35. The number of likely N-dealkylation sites (tertiary alicyclic amines) is 1. The maximum absolute atomic E-state index is 11.6. The molecule has 1 saturated heterocycles. The van der Waals surface area contributed by atoms with Crippen LogP contribution in [0.3, 0.4) is 0 Å². The van der Waals surface area contributed by atoms with Crippen LogP contribution in [0.4, 0.5) is 0 Å². The predicted octanol–water partition coefficient (Wildman–Crippen LogP) is 5.22. The Morgan fingerprint density at radius 2 is 1.85 bits per heavy atom. The molecule has 3 aromatic rings. The molecular weight excluding hydrogens is 414 g/mol. The first-order valence-corrected chi connectivity index (χ1v) is 11.3. The van der Waals surface area contributed by atoms with E-state index in [-0.39, 0.29) is 6.10 Å². The summed E-state index contributed by atoms with van der Waals surface area (Å²) in [7, 11) is 1.64. The van der Waals surface area contributed by atoms with Crippen LogP contribution >= 0.6 is 0 Å². The van der Waals surface area contributed by atoms with Gasteiger partial charge in [-0.3, -0.25) is 9.69 Å². The van der Waals surface area contributed by atoms with Gasteiger partial charge in [-0.1, -0.05) is 60.7 Å². The zero-order chi connectivity index (χ0) is 23.4. The highest BCUT2D eigenvalue weighted by Gasteiger charge is 2.36. The van der Waals surface area contributed by atoms with E-state index >= 15 is 0 Å². The van der Waals surface area contributed by atoms with Crippen molar-refractivity contribution in [2.45, 2.75) is 45.6 Å². The Hall–Kier alpha value is -3.15. The van der Waals surface area contributed by atoms with Gasteiger partial charge >= 0.3 is 5.97 Å². The van der Waals surface area contributed by atoms with Gasteiger partial charge in [-0.2, -0.15) is 0 Å². The minimum Gasteiger partial charge on any atom is -0.489 e. The molecule has 0 radical (unpaired) electrons. The molecule has 0 bridgehead atoms. The second kappa shape index (κ2) is 10.2. The molecular formula is C28H31NO4. The van der Waals surface area contributed by atoms with E-state index in [1.165, 1.54) is 16.7 Å². The fraction of sp³-hybridized carbons (Fsp3) is 0.321. The summed E-state index contributed by atoms with van der Waals surface area (Å²) < 4.78 is 11.6. The lowest BCUT2D eigenvalue weighted by Gasteiger charge is -2.21. The monoisotopic (exact) mass is 445 g/mol. The number of aryl methyl sites for hydroxylation is 1. The normalized spacial score (nSPS) is 18.4. The van der Waals surface area contributed by atoms with Crippen molar-refractivity contribution in [1.29, 1.82) is 0 Å². The molecule has 33 heavy (non-hydrogen) atoms. The molecule has 0 unspecified atom stereocenters. The molecule has 0 amide bonds. The van der Waals surface area contributed by atoms with E-state index < -0.39 is 12.0 Å². The second-order valence-corrected chi connectivity index (χ2v) is 8.72. The first kappa shape index (κ1) is 23.0. The molecule has 3 aromatic carbocycles. The number of carboxylic acid groups (broad SMARTS) is 1. The van der Waals surface area contributed by atoms with E-state index in [4.69, 9.17) is 9.47 Å². The zero-order valence-corrected chi connectivity index (χ0v) is 19.5. The summed E-state index contributed by atoms with van der Waals surface area (Å²) in [6.45, 7) is 5.87. The van der Waals surface area contributed by atoms with Gasteiger partial charge in [0.2, 0.25) is 0 Å². The summed E-state index contributed by atoms with van der Waals surface area (Å²) in [6, 6.07) is 22.3. The lowest BCUT2D eigenvalue weighted by molar-refractivity contribution is -0.142. The number of carboxylic acids is 1. The Morgan fingerprint density at radius 1 is 1.06 bits per heavy atom. The van der Waals surface area contributed by atoms with Crippen molar-refractivity contribution >= 4 is 5.97 Å². The van der Waals surface area contributed by atoms with Crippen LogP contribution in [0.2, 0.25) is 0 Å². The number of aliphatic carboxylic acids is 1. The van der Waals surface area contributed by atoms with Crippen molar-refractivity contribution in [2.24, 2.45) is 0 Å². The lowest BCUT2D eigenvalue weighted by atomic mass is 9.97. The predicted molar refractivity (Wildman–Crippen MR) is 129 cm³/mol. The minimum atomic E-state index is -0.792. The summed E-state index contributed by atoms with van der Waals surface area (Å²) in [5, 5.41) is 9.55. The van der Waals surface area contributed by atoms with Gasteiger partial charge in [-0.05, 0) is 53.3 Å². The van der Waals surface area contributed by atoms with Gasteiger partial charge in [0, 0.05) is 26.6 Å². The Morgan fingerprint density at radius 3 is 2.55 bits per heavy atom. The van der Waals surface area contributed by atoms with E-state index in [2.05, 4.69) is 55.5 Å². The average molecular weight is 446 g/mol. The Kier molecular flexibility index (Phi) is 7.11. The number of hydrogen-bond donors (Lipinski definition) is 1. The molecule has 0 aliphatic carbocycles. The van der Waals surface area contributed by atoms with Crippen LogP contribution < -0.4 is 4.74 Å². The molecule has 172 valence electrons. The summed E-state index contributed by atoms with van der Waals surface area (Å²) in [5.74, 6) is 0.0496. The Balaban J connectivity index is 1.44. The molecule has 1 aliphatic rings. The van der Waals surface area contributed by atoms with Crippen molar-refractivity contribution in [1.82, 2.24) is 4.90 Å². The van der Waals surface area contributed by atoms with E-state index in [9.17, 15) is 9.90 Å². The molecule has 2 atom stereocenters. The van der Waals surface area contributed by atoms with Crippen molar-refractivity contribution in [3.8, 4) is 16.9 Å². The van der Waals surface area contributed by atoms with Crippen molar-refractivity contribution in [3.05, 3.63) is 89.0 Å². The van der Waals surface area contributed by atoms with Gasteiger partial charge < -0.3 is 14.6 Å². The van der Waals surface area contributed by atoms with Crippen molar-refractivity contribution < 1.29 is 19.4 Å². The van der Waals surface area contributed by atoms with Crippen molar-refractivity contribution in [2.75, 3.05) is 13.7 Å². The summed E-state index contributed by atoms with van der Waals surface area (Å²) >= 11 is 0. The van der Waals surface area contributed by atoms with Crippen LogP contribution in [-0.4, -0.2) is 41.8 Å². The van der Waals surface area contributed by atoms with Gasteiger partial charge in [0.25, 0.3) is 0 Å². The Bertz CT molecular complexity index is 1110. The summed E-state index contributed by atoms with van der Waals surface area (Å²) in [4.78, 5) is 13.6. The molecule has 5 nitrogen and oxygen atoms in total. The van der Waals surface area contributed by atoms with Crippen LogP contribution in [-0.2, 0) is 22.7 Å². The number of carbonyl (C=O) groups is 1. The number of methoxy groups -OCH3 is 1. The molecule has 1 aliphatic heterocycles. The highest BCUT2D eigenvalue weighted by Crippen LogP contribution is 2.28. The SMILES string of the molecule is CO[C@@H]1C[C@@H](C(=O)O)N(Cc2ccc(OCc3cccc(-c4ccccc4)c3C)c(C)c2)C1. The zero-order valence-electron chi connectivity index (χ0n) is 19.5. The van der Waals surface area contributed by atoms with Gasteiger partial charge in [-0.15, -0.1) is 0 Å². The van der Waals surface area contributed by atoms with Crippen molar-refractivity contribution in [3.63, 3.8) is 0 Å². The van der Waals surface area contributed by atoms with Gasteiger partial charge in [0.1, 0.15) is 18.4 Å². The van der Waals surface area contributed by atoms with Gasteiger partial charge in [0.15, 0.2) is 0 Å². The maximum atomic E-state index is 11.6. The van der Waals surface area contributed by atoms with Crippen LogP contribution in [0.15, 0.2) is 66.7 Å². The molecule has 0 saturated carbocycles. The Labute approximate surface area is 195 Å². The average Bonchev–Trinajstić information content (AvgIpc) is 3.23. The fourth-order valence-electron chi connectivity index (χ4n) is 4.60. The van der Waals surface area contributed by atoms with Crippen LogP contribution in [0.1, 0.15) is 28.7 Å². The van der Waals surface area contributed by atoms with Crippen LogP contribution in [0.25, 0.3) is 11.1 Å². The highest BCUT2D eigenvalue weighted by atomic mass is 16.5. The topological polar surface area (TPSA) is 59.0 Å². The highest BCUT2D eigenvalue weighted by molar-refractivity contribution is 5.74. The molecule has 1 fully saturated rings. The third-order valence-electron chi connectivity index (χ3n) is 6.52. The number of benzene rings is 3. The van der Waals surface area contributed by atoms with E-state index in [1.54, 1.807) is 7.11 Å². The number of nitrogens with zero attached hydrogens (tertiary/aromatic N) is 1. The summed E-state index contributed by atoms with van der Waals surface area (Å²) in [5.41, 5.74) is 6.92. The van der Waals surface area contributed by atoms with E-state index in [0.29, 0.717) is 26.1 Å². The van der Waals surface area contributed by atoms with E-state index in [0.717, 1.165) is 22.4 Å². The standard InChI is InChI=1S/C28H31NO4/c1-19-14-21(16-29-17-24(32-3)15-26(29)28(30)31)12-13-27(19)33-18-23-10-7-11-25(20(23)2)22-8-5-4-6-9-22/h4-14,24,26H,15-18H2,1-3H3,(H,30,31)/t24-,26+/m1/s1.